The average molecular weight is 426 g/mol. The van der Waals surface area contributed by atoms with E-state index in [0.717, 1.165) is 17.0 Å². The zero-order valence-electron chi connectivity index (χ0n) is 16.7. The molecule has 0 fully saturated rings. The van der Waals surface area contributed by atoms with Crippen LogP contribution in [0.4, 0.5) is 0 Å². The molecule has 1 heterocycles. The number of nitrogens with zero attached hydrogens (tertiary/aromatic N) is 1. The first kappa shape index (κ1) is 21.4. The summed E-state index contributed by atoms with van der Waals surface area (Å²) < 4.78 is 5.82. The van der Waals surface area contributed by atoms with Crippen LogP contribution in [0, 0.1) is 5.92 Å². The number of para-hydroxylation sites is 1. The number of benzene rings is 2. The molecule has 0 saturated carbocycles. The normalized spacial score (nSPS) is 13.1. The Morgan fingerprint density at radius 3 is 2.38 bits per heavy atom. The second-order valence-corrected chi connectivity index (χ2v) is 8.95. The maximum atomic E-state index is 13.1. The fourth-order valence-corrected chi connectivity index (χ4v) is 4.48. The number of hydrogen-bond acceptors (Lipinski definition) is 4. The molecule has 0 spiro atoms. The minimum atomic E-state index is -0.218. The van der Waals surface area contributed by atoms with Crippen LogP contribution in [0.5, 0.6) is 11.6 Å². The Bertz CT molecular complexity index is 962. The molecule has 2 aromatic carbocycles. The maximum absolute atomic E-state index is 13.1. The van der Waals surface area contributed by atoms with Gasteiger partial charge in [-0.1, -0.05) is 73.6 Å². The van der Waals surface area contributed by atoms with E-state index in [1.807, 2.05) is 79.7 Å². The van der Waals surface area contributed by atoms with Gasteiger partial charge in [0.1, 0.15) is 5.75 Å². The first-order valence-electron chi connectivity index (χ1n) is 9.60. The average Bonchev–Trinajstić information content (AvgIpc) is 2.69. The van der Waals surface area contributed by atoms with Crippen molar-refractivity contribution in [2.24, 2.45) is 5.92 Å². The summed E-state index contributed by atoms with van der Waals surface area (Å²) >= 11 is 7.45. The molecule has 2 unspecified atom stereocenters. The number of halogens is 1. The lowest BCUT2D eigenvalue weighted by atomic mass is 9.90. The summed E-state index contributed by atoms with van der Waals surface area (Å²) in [5.41, 5.74) is 1.76. The van der Waals surface area contributed by atoms with E-state index in [9.17, 15) is 4.79 Å². The minimum absolute atomic E-state index is 0.0951. The van der Waals surface area contributed by atoms with E-state index in [1.165, 1.54) is 11.8 Å². The van der Waals surface area contributed by atoms with Crippen LogP contribution in [0.15, 0.2) is 72.8 Å². The van der Waals surface area contributed by atoms with Gasteiger partial charge in [-0.2, -0.15) is 0 Å². The molecule has 0 N–H and O–H groups in total. The van der Waals surface area contributed by atoms with Crippen molar-refractivity contribution in [3.63, 3.8) is 0 Å². The Morgan fingerprint density at radius 1 is 0.966 bits per heavy atom. The van der Waals surface area contributed by atoms with Crippen LogP contribution in [0.2, 0.25) is 5.02 Å². The number of aromatic nitrogens is 1. The first-order valence-corrected chi connectivity index (χ1v) is 10.9. The fourth-order valence-electron chi connectivity index (χ4n) is 3.12. The van der Waals surface area contributed by atoms with Gasteiger partial charge in [0.05, 0.1) is 16.9 Å². The molecule has 0 aliphatic rings. The van der Waals surface area contributed by atoms with Gasteiger partial charge in [-0.3, -0.25) is 4.79 Å². The Kier molecular flexibility index (Phi) is 7.34. The summed E-state index contributed by atoms with van der Waals surface area (Å²) in [5.74, 6) is 1.20. The van der Waals surface area contributed by atoms with Gasteiger partial charge in [-0.15, -0.1) is 0 Å². The molecular formula is C24H24ClNO2S. The van der Waals surface area contributed by atoms with E-state index in [4.69, 9.17) is 16.3 Å². The molecule has 150 valence electrons. The minimum Gasteiger partial charge on any atom is -0.439 e. The van der Waals surface area contributed by atoms with Gasteiger partial charge in [-0.25, -0.2) is 4.98 Å². The van der Waals surface area contributed by atoms with Crippen LogP contribution >= 0.6 is 23.4 Å². The topological polar surface area (TPSA) is 39.2 Å². The van der Waals surface area contributed by atoms with Gasteiger partial charge < -0.3 is 4.74 Å². The molecule has 2 atom stereocenters. The van der Waals surface area contributed by atoms with E-state index >= 15 is 0 Å². The Morgan fingerprint density at radius 2 is 1.69 bits per heavy atom. The molecule has 0 saturated heterocycles. The standard InChI is InChI=1S/C24H24ClNO2S/c1-16(2)23(18-9-7-10-19(25)15-18)24(27)29-17(3)21-13-8-14-22(26-21)28-20-11-5-4-6-12-20/h4-17,23H,1-3H3. The highest BCUT2D eigenvalue weighted by atomic mass is 35.5. The number of ether oxygens (including phenoxy) is 1. The number of carbonyl (C=O) groups excluding carboxylic acids is 1. The van der Waals surface area contributed by atoms with Crippen LogP contribution in [0.1, 0.15) is 43.2 Å². The van der Waals surface area contributed by atoms with Crippen molar-refractivity contribution in [3.05, 3.63) is 89.1 Å². The first-order chi connectivity index (χ1) is 13.9. The van der Waals surface area contributed by atoms with Crippen molar-refractivity contribution in [1.29, 1.82) is 0 Å². The van der Waals surface area contributed by atoms with Crippen LogP contribution < -0.4 is 4.74 Å². The van der Waals surface area contributed by atoms with Crippen molar-refractivity contribution >= 4 is 28.5 Å². The Balaban J connectivity index is 1.74. The quantitative estimate of drug-likeness (QED) is 0.398. The van der Waals surface area contributed by atoms with Crippen molar-refractivity contribution in [2.75, 3.05) is 0 Å². The number of carbonyl (C=O) groups is 1. The van der Waals surface area contributed by atoms with Crippen LogP contribution in [0.25, 0.3) is 0 Å². The van der Waals surface area contributed by atoms with E-state index in [0.29, 0.717) is 10.9 Å². The summed E-state index contributed by atoms with van der Waals surface area (Å²) in [6.45, 7) is 6.11. The zero-order chi connectivity index (χ0) is 20.8. The lowest BCUT2D eigenvalue weighted by Gasteiger charge is -2.21. The molecule has 5 heteroatoms. The third kappa shape index (κ3) is 5.84. The van der Waals surface area contributed by atoms with Gasteiger partial charge in [0.2, 0.25) is 5.88 Å². The highest BCUT2D eigenvalue weighted by Crippen LogP contribution is 2.37. The zero-order valence-corrected chi connectivity index (χ0v) is 18.3. The molecule has 0 bridgehead atoms. The lowest BCUT2D eigenvalue weighted by molar-refractivity contribution is -0.113. The largest absolute Gasteiger partial charge is 0.439 e. The second kappa shape index (κ2) is 9.95. The van der Waals surface area contributed by atoms with E-state index in [1.54, 1.807) is 0 Å². The summed E-state index contributed by atoms with van der Waals surface area (Å²) in [6, 6.07) is 22.7. The maximum Gasteiger partial charge on any atom is 0.219 e. The van der Waals surface area contributed by atoms with E-state index < -0.39 is 0 Å². The summed E-state index contributed by atoms with van der Waals surface area (Å²) in [7, 11) is 0. The highest BCUT2D eigenvalue weighted by molar-refractivity contribution is 8.13. The molecule has 0 amide bonds. The molecule has 3 aromatic rings. The number of pyridine rings is 1. The van der Waals surface area contributed by atoms with Crippen LogP contribution in [-0.2, 0) is 4.79 Å². The predicted molar refractivity (Wildman–Crippen MR) is 121 cm³/mol. The van der Waals surface area contributed by atoms with E-state index in [2.05, 4.69) is 18.8 Å². The Labute approximate surface area is 181 Å². The molecule has 1 aromatic heterocycles. The van der Waals surface area contributed by atoms with Gasteiger partial charge in [0.15, 0.2) is 5.12 Å². The van der Waals surface area contributed by atoms with Crippen molar-refractivity contribution in [3.8, 4) is 11.6 Å². The highest BCUT2D eigenvalue weighted by Gasteiger charge is 2.27. The third-order valence-electron chi connectivity index (χ3n) is 4.55. The number of rotatable bonds is 7. The predicted octanol–water partition coefficient (Wildman–Crippen LogP) is 7.29. The monoisotopic (exact) mass is 425 g/mol. The summed E-state index contributed by atoms with van der Waals surface area (Å²) in [6.07, 6.45) is 0. The SMILES string of the molecule is CC(SC(=O)C(c1cccc(Cl)c1)C(C)C)c1cccc(Oc2ccccc2)n1. The molecule has 29 heavy (non-hydrogen) atoms. The van der Waals surface area contributed by atoms with Crippen molar-refractivity contribution in [1.82, 2.24) is 4.98 Å². The smallest absolute Gasteiger partial charge is 0.219 e. The molecule has 0 aliphatic carbocycles. The van der Waals surface area contributed by atoms with Crippen molar-refractivity contribution < 1.29 is 9.53 Å². The molecular weight excluding hydrogens is 402 g/mol. The third-order valence-corrected chi connectivity index (χ3v) is 5.86. The van der Waals surface area contributed by atoms with Crippen molar-refractivity contribution in [2.45, 2.75) is 31.9 Å². The molecule has 3 rings (SSSR count). The van der Waals surface area contributed by atoms with Gasteiger partial charge >= 0.3 is 0 Å². The van der Waals surface area contributed by atoms with Crippen LogP contribution in [0.3, 0.4) is 0 Å². The summed E-state index contributed by atoms with van der Waals surface area (Å²) in [5, 5.41) is 0.666. The number of thioether (sulfide) groups is 1. The number of hydrogen-bond donors (Lipinski definition) is 0. The van der Waals surface area contributed by atoms with Gasteiger partial charge in [0, 0.05) is 11.1 Å². The summed E-state index contributed by atoms with van der Waals surface area (Å²) in [4.78, 5) is 17.7. The fraction of sp³-hybridized carbons (Fsp3) is 0.250. The Hall–Kier alpha value is -2.30. The second-order valence-electron chi connectivity index (χ2n) is 7.17. The molecule has 3 nitrogen and oxygen atoms in total. The van der Waals surface area contributed by atoms with Gasteiger partial charge in [0.25, 0.3) is 0 Å². The molecule has 0 aliphatic heterocycles. The molecule has 0 radical (unpaired) electrons. The van der Waals surface area contributed by atoms with E-state index in [-0.39, 0.29) is 22.2 Å². The van der Waals surface area contributed by atoms with Crippen LogP contribution in [-0.4, -0.2) is 10.1 Å². The van der Waals surface area contributed by atoms with Gasteiger partial charge in [-0.05, 0) is 48.7 Å². The lowest BCUT2D eigenvalue weighted by Crippen LogP contribution is -2.16.